The number of nitrogens with zero attached hydrogens (tertiary/aromatic N) is 1. The fourth-order valence-electron chi connectivity index (χ4n) is 2.74. The molecule has 0 bridgehead atoms. The lowest BCUT2D eigenvalue weighted by molar-refractivity contribution is -0.140. The minimum atomic E-state index is -0.271. The third-order valence-electron chi connectivity index (χ3n) is 4.28. The van der Waals surface area contributed by atoms with E-state index in [4.69, 9.17) is 10.1 Å². The van der Waals surface area contributed by atoms with Crippen molar-refractivity contribution in [2.45, 2.75) is 65.7 Å². The molecule has 0 saturated carbocycles. The summed E-state index contributed by atoms with van der Waals surface area (Å²) in [5.41, 5.74) is 5.85. The SMILES string of the molecule is CC.COC(=O)CCc1cc(N/N=C2/CCC=CC2=N)c(O)c(C(C)(C)C)c1. The Kier molecular flexibility index (Phi) is 8.89. The summed E-state index contributed by atoms with van der Waals surface area (Å²) in [5.74, 6) is -0.130. The van der Waals surface area contributed by atoms with Crippen LogP contribution in [-0.2, 0) is 21.4 Å². The summed E-state index contributed by atoms with van der Waals surface area (Å²) in [6, 6.07) is 3.71. The minimum Gasteiger partial charge on any atom is -0.505 e. The Bertz CT molecular complexity index is 759. The van der Waals surface area contributed by atoms with Crippen LogP contribution in [0.5, 0.6) is 5.75 Å². The number of phenols is 1. The molecule has 0 aromatic heterocycles. The molecule has 2 rings (SSSR count). The van der Waals surface area contributed by atoms with Crippen molar-refractivity contribution >= 4 is 23.1 Å². The number of carbonyl (C=O) groups is 1. The number of hydrogen-bond acceptors (Lipinski definition) is 6. The van der Waals surface area contributed by atoms with E-state index in [1.54, 1.807) is 12.1 Å². The lowest BCUT2D eigenvalue weighted by Crippen LogP contribution is -2.16. The number of aromatic hydroxyl groups is 1. The molecule has 154 valence electrons. The van der Waals surface area contributed by atoms with Crippen molar-refractivity contribution in [1.82, 2.24) is 0 Å². The molecule has 0 amide bonds. The number of hydrazone groups is 1. The molecular formula is C22H33N3O3. The van der Waals surface area contributed by atoms with Crippen LogP contribution in [0.1, 0.15) is 65.0 Å². The summed E-state index contributed by atoms with van der Waals surface area (Å²) in [5, 5.41) is 22.9. The van der Waals surface area contributed by atoms with Crippen LogP contribution in [0.4, 0.5) is 5.69 Å². The number of allylic oxidation sites excluding steroid dienone is 2. The number of ether oxygens (including phenoxy) is 1. The van der Waals surface area contributed by atoms with E-state index in [0.29, 0.717) is 30.0 Å². The molecular weight excluding hydrogens is 354 g/mol. The second kappa shape index (κ2) is 10.6. The maximum atomic E-state index is 11.4. The van der Waals surface area contributed by atoms with Gasteiger partial charge in [-0.05, 0) is 42.4 Å². The summed E-state index contributed by atoms with van der Waals surface area (Å²) >= 11 is 0. The number of methoxy groups -OCH3 is 1. The third kappa shape index (κ3) is 6.51. The normalized spacial score (nSPS) is 15.1. The van der Waals surface area contributed by atoms with Gasteiger partial charge in [0, 0.05) is 12.0 Å². The largest absolute Gasteiger partial charge is 0.505 e. The van der Waals surface area contributed by atoms with Crippen LogP contribution in [0.3, 0.4) is 0 Å². The Morgan fingerprint density at radius 2 is 2.00 bits per heavy atom. The quantitative estimate of drug-likeness (QED) is 0.378. The minimum absolute atomic E-state index is 0.140. The number of anilines is 1. The van der Waals surface area contributed by atoms with E-state index >= 15 is 0 Å². The smallest absolute Gasteiger partial charge is 0.305 e. The van der Waals surface area contributed by atoms with Crippen molar-refractivity contribution in [1.29, 1.82) is 5.41 Å². The van der Waals surface area contributed by atoms with Gasteiger partial charge in [-0.1, -0.05) is 46.8 Å². The van der Waals surface area contributed by atoms with E-state index in [1.165, 1.54) is 7.11 Å². The number of rotatable bonds is 5. The molecule has 3 N–H and O–H groups in total. The fraction of sp³-hybridized carbons (Fsp3) is 0.500. The number of benzene rings is 1. The average molecular weight is 388 g/mol. The van der Waals surface area contributed by atoms with E-state index in [2.05, 4.69) is 10.5 Å². The highest BCUT2D eigenvalue weighted by molar-refractivity contribution is 6.46. The topological polar surface area (TPSA) is 94.8 Å². The molecule has 1 aliphatic carbocycles. The van der Waals surface area contributed by atoms with E-state index in [1.807, 2.05) is 46.8 Å². The number of hydrogen-bond donors (Lipinski definition) is 3. The molecule has 0 heterocycles. The first kappa shape index (κ1) is 23.4. The molecule has 28 heavy (non-hydrogen) atoms. The molecule has 0 unspecified atom stereocenters. The van der Waals surface area contributed by atoms with Crippen molar-refractivity contribution in [2.24, 2.45) is 5.10 Å². The molecule has 0 saturated heterocycles. The predicted octanol–water partition coefficient (Wildman–Crippen LogP) is 4.96. The Morgan fingerprint density at radius 3 is 2.57 bits per heavy atom. The van der Waals surface area contributed by atoms with E-state index in [-0.39, 0.29) is 23.6 Å². The zero-order valence-electron chi connectivity index (χ0n) is 17.8. The van der Waals surface area contributed by atoms with Gasteiger partial charge < -0.3 is 9.84 Å². The highest BCUT2D eigenvalue weighted by Gasteiger charge is 2.22. The Labute approximate surface area is 168 Å². The van der Waals surface area contributed by atoms with Crippen LogP contribution < -0.4 is 5.43 Å². The van der Waals surface area contributed by atoms with Gasteiger partial charge in [0.2, 0.25) is 0 Å². The number of esters is 1. The Hall–Kier alpha value is -2.63. The molecule has 0 fully saturated rings. The van der Waals surface area contributed by atoms with Gasteiger partial charge in [-0.15, -0.1) is 0 Å². The zero-order valence-corrected chi connectivity index (χ0v) is 17.8. The molecule has 1 aromatic carbocycles. The Balaban J connectivity index is 0.00000190. The summed E-state index contributed by atoms with van der Waals surface area (Å²) in [6.07, 6.45) is 6.01. The average Bonchev–Trinajstić information content (AvgIpc) is 2.67. The number of carbonyl (C=O) groups excluding carboxylic acids is 1. The summed E-state index contributed by atoms with van der Waals surface area (Å²) in [6.45, 7) is 10.1. The number of aryl methyl sites for hydroxylation is 1. The Morgan fingerprint density at radius 1 is 1.32 bits per heavy atom. The highest BCUT2D eigenvalue weighted by Crippen LogP contribution is 2.37. The van der Waals surface area contributed by atoms with Crippen molar-refractivity contribution < 1.29 is 14.6 Å². The molecule has 6 heteroatoms. The number of nitrogens with one attached hydrogen (secondary N) is 2. The van der Waals surface area contributed by atoms with E-state index in [0.717, 1.165) is 17.5 Å². The monoisotopic (exact) mass is 387 g/mol. The molecule has 0 radical (unpaired) electrons. The van der Waals surface area contributed by atoms with Gasteiger partial charge in [0.05, 0.1) is 24.2 Å². The van der Waals surface area contributed by atoms with Crippen LogP contribution in [0.25, 0.3) is 0 Å². The van der Waals surface area contributed by atoms with Gasteiger partial charge in [-0.2, -0.15) is 5.10 Å². The van der Waals surface area contributed by atoms with Gasteiger partial charge in [-0.3, -0.25) is 15.6 Å². The van der Waals surface area contributed by atoms with Gasteiger partial charge >= 0.3 is 5.97 Å². The lowest BCUT2D eigenvalue weighted by atomic mass is 9.84. The van der Waals surface area contributed by atoms with Crippen molar-refractivity contribution in [2.75, 3.05) is 12.5 Å². The van der Waals surface area contributed by atoms with Crippen LogP contribution in [0.15, 0.2) is 29.4 Å². The van der Waals surface area contributed by atoms with Gasteiger partial charge in [0.15, 0.2) is 0 Å². The second-order valence-electron chi connectivity index (χ2n) is 7.39. The van der Waals surface area contributed by atoms with E-state index in [9.17, 15) is 9.90 Å². The number of phenolic OH excluding ortho intramolecular Hbond substituents is 1. The van der Waals surface area contributed by atoms with Crippen LogP contribution in [0.2, 0.25) is 0 Å². The van der Waals surface area contributed by atoms with Crippen molar-refractivity contribution in [3.63, 3.8) is 0 Å². The second-order valence-corrected chi connectivity index (χ2v) is 7.39. The van der Waals surface area contributed by atoms with Crippen molar-refractivity contribution in [3.05, 3.63) is 35.4 Å². The van der Waals surface area contributed by atoms with Crippen LogP contribution in [-0.4, -0.2) is 29.6 Å². The van der Waals surface area contributed by atoms with Crippen LogP contribution in [0, 0.1) is 5.41 Å². The molecule has 0 spiro atoms. The third-order valence-corrected chi connectivity index (χ3v) is 4.28. The fourth-order valence-corrected chi connectivity index (χ4v) is 2.74. The van der Waals surface area contributed by atoms with Gasteiger partial charge in [0.25, 0.3) is 0 Å². The van der Waals surface area contributed by atoms with Gasteiger partial charge in [0.1, 0.15) is 5.75 Å². The first-order chi connectivity index (χ1) is 13.2. The summed E-state index contributed by atoms with van der Waals surface area (Å²) < 4.78 is 4.71. The summed E-state index contributed by atoms with van der Waals surface area (Å²) in [7, 11) is 1.37. The molecule has 1 aliphatic rings. The zero-order chi connectivity index (χ0) is 21.3. The van der Waals surface area contributed by atoms with Crippen LogP contribution >= 0.6 is 0 Å². The molecule has 0 aliphatic heterocycles. The first-order valence-corrected chi connectivity index (χ1v) is 9.73. The molecule has 0 atom stereocenters. The maximum absolute atomic E-state index is 11.4. The maximum Gasteiger partial charge on any atom is 0.305 e. The van der Waals surface area contributed by atoms with Crippen molar-refractivity contribution in [3.8, 4) is 5.75 Å². The molecule has 1 aromatic rings. The molecule has 6 nitrogen and oxygen atoms in total. The lowest BCUT2D eigenvalue weighted by Gasteiger charge is -2.23. The van der Waals surface area contributed by atoms with Gasteiger partial charge in [-0.25, -0.2) is 0 Å². The first-order valence-electron chi connectivity index (χ1n) is 9.73. The standard InChI is InChI=1S/C20H27N3O3.C2H6/c1-20(2,3)14-11-13(9-10-18(24)26-4)12-17(19(14)25)23-22-16-8-6-5-7-15(16)21;1-2/h5,7,11-12,21,23,25H,6,8-10H2,1-4H3;1-2H3/b21-15?,22-16-;. The summed E-state index contributed by atoms with van der Waals surface area (Å²) in [4.78, 5) is 11.4. The highest BCUT2D eigenvalue weighted by atomic mass is 16.5. The van der Waals surface area contributed by atoms with E-state index < -0.39 is 0 Å². The predicted molar refractivity (Wildman–Crippen MR) is 116 cm³/mol.